The number of nitrogens with zero attached hydrogens (tertiary/aromatic N) is 1. The molecule has 3 aromatic carbocycles. The molecule has 0 bridgehead atoms. The summed E-state index contributed by atoms with van der Waals surface area (Å²) in [7, 11) is 1.82. The van der Waals surface area contributed by atoms with Crippen LogP contribution in [0, 0.1) is 0 Å². The van der Waals surface area contributed by atoms with Crippen LogP contribution in [0.5, 0.6) is 0 Å². The van der Waals surface area contributed by atoms with Crippen LogP contribution < -0.4 is 4.90 Å². The van der Waals surface area contributed by atoms with E-state index in [-0.39, 0.29) is 5.91 Å². The van der Waals surface area contributed by atoms with Crippen molar-refractivity contribution in [3.63, 3.8) is 0 Å². The van der Waals surface area contributed by atoms with Gasteiger partial charge in [0.15, 0.2) is 0 Å². The topological polar surface area (TPSA) is 20.3 Å². The highest BCUT2D eigenvalue weighted by molar-refractivity contribution is 6.31. The van der Waals surface area contributed by atoms with E-state index in [1.807, 2.05) is 74.6 Å². The van der Waals surface area contributed by atoms with Gasteiger partial charge in [-0.15, -0.1) is 0 Å². The van der Waals surface area contributed by atoms with Crippen LogP contribution in [-0.4, -0.2) is 13.0 Å². The van der Waals surface area contributed by atoms with Crippen LogP contribution in [0.3, 0.4) is 0 Å². The highest BCUT2D eigenvalue weighted by Crippen LogP contribution is 2.46. The number of amides is 1. The van der Waals surface area contributed by atoms with Crippen molar-refractivity contribution in [2.45, 2.75) is 12.3 Å². The molecule has 2 nitrogen and oxygen atoms in total. The first kappa shape index (κ1) is 15.9. The van der Waals surface area contributed by atoms with Crippen LogP contribution >= 0.6 is 11.6 Å². The molecular formula is C22H18ClNO. The van der Waals surface area contributed by atoms with Crippen LogP contribution in [0.4, 0.5) is 5.69 Å². The van der Waals surface area contributed by atoms with Crippen molar-refractivity contribution in [2.24, 2.45) is 0 Å². The van der Waals surface area contributed by atoms with Gasteiger partial charge in [0, 0.05) is 17.6 Å². The molecule has 4 rings (SSSR count). The molecule has 1 aliphatic rings. The molecule has 0 radical (unpaired) electrons. The number of anilines is 1. The lowest BCUT2D eigenvalue weighted by atomic mass is 9.73. The monoisotopic (exact) mass is 347 g/mol. The maximum absolute atomic E-state index is 13.6. The Hall–Kier alpha value is -2.58. The lowest BCUT2D eigenvalue weighted by Crippen LogP contribution is -2.43. The number of benzene rings is 3. The second kappa shape index (κ2) is 5.75. The molecule has 0 aromatic heterocycles. The molecule has 3 aromatic rings. The van der Waals surface area contributed by atoms with Crippen LogP contribution in [0.2, 0.25) is 5.02 Å². The molecule has 0 saturated carbocycles. The number of likely N-dealkylation sites (N-methyl/N-ethyl adjacent to an activating group) is 1. The Morgan fingerprint density at radius 1 is 0.880 bits per heavy atom. The average molecular weight is 348 g/mol. The van der Waals surface area contributed by atoms with E-state index in [1.54, 1.807) is 4.90 Å². The van der Waals surface area contributed by atoms with E-state index in [0.29, 0.717) is 5.02 Å². The van der Waals surface area contributed by atoms with Crippen molar-refractivity contribution in [3.8, 4) is 11.1 Å². The SMILES string of the molecule is CN1C(=O)[C@@](C)(c2ccccc2)c2ccccc2-c2ccc(Cl)cc21. The molecule has 0 unspecified atom stereocenters. The summed E-state index contributed by atoms with van der Waals surface area (Å²) in [4.78, 5) is 15.3. The summed E-state index contributed by atoms with van der Waals surface area (Å²) in [5.41, 5.74) is 4.16. The second-order valence-corrected chi connectivity index (χ2v) is 7.00. The minimum Gasteiger partial charge on any atom is -0.314 e. The van der Waals surface area contributed by atoms with Gasteiger partial charge in [-0.3, -0.25) is 4.79 Å². The number of halogens is 1. The molecule has 0 fully saturated rings. The number of fused-ring (bicyclic) bond motifs is 3. The summed E-state index contributed by atoms with van der Waals surface area (Å²) in [5.74, 6) is 0.0344. The Labute approximate surface area is 152 Å². The fraction of sp³-hybridized carbons (Fsp3) is 0.136. The predicted octanol–water partition coefficient (Wildman–Crippen LogP) is 5.29. The maximum Gasteiger partial charge on any atom is 0.241 e. The van der Waals surface area contributed by atoms with Gasteiger partial charge >= 0.3 is 0 Å². The standard InChI is InChI=1S/C22H18ClNO/c1-22(15-8-4-3-5-9-15)19-11-7-6-10-17(19)18-13-12-16(23)14-20(18)24(2)21(22)25/h3-14H,1-2H3/t22-/m0/s1. The molecule has 1 aliphatic heterocycles. The van der Waals surface area contributed by atoms with E-state index >= 15 is 0 Å². The zero-order valence-electron chi connectivity index (χ0n) is 14.2. The summed E-state index contributed by atoms with van der Waals surface area (Å²) in [5, 5.41) is 0.624. The molecule has 0 N–H and O–H groups in total. The quantitative estimate of drug-likeness (QED) is 0.585. The maximum atomic E-state index is 13.6. The molecule has 0 saturated heterocycles. The molecule has 1 heterocycles. The number of hydrogen-bond acceptors (Lipinski definition) is 1. The van der Waals surface area contributed by atoms with Gasteiger partial charge in [-0.25, -0.2) is 0 Å². The molecule has 0 aliphatic carbocycles. The van der Waals surface area contributed by atoms with Crippen molar-refractivity contribution in [1.29, 1.82) is 0 Å². The van der Waals surface area contributed by atoms with Crippen LogP contribution in [0.1, 0.15) is 18.1 Å². The van der Waals surface area contributed by atoms with E-state index in [0.717, 1.165) is 27.9 Å². The third kappa shape index (κ3) is 2.29. The molecule has 25 heavy (non-hydrogen) atoms. The smallest absolute Gasteiger partial charge is 0.241 e. The molecule has 3 heteroatoms. The lowest BCUT2D eigenvalue weighted by Gasteiger charge is -2.32. The first-order valence-corrected chi connectivity index (χ1v) is 8.64. The lowest BCUT2D eigenvalue weighted by molar-refractivity contribution is -0.121. The summed E-state index contributed by atoms with van der Waals surface area (Å²) in [6.07, 6.45) is 0. The number of carbonyl (C=O) groups is 1. The Bertz CT molecular complexity index is 967. The van der Waals surface area contributed by atoms with E-state index < -0.39 is 5.41 Å². The van der Waals surface area contributed by atoms with Gasteiger partial charge in [0.1, 0.15) is 0 Å². The largest absolute Gasteiger partial charge is 0.314 e. The van der Waals surface area contributed by atoms with Crippen molar-refractivity contribution >= 4 is 23.2 Å². The van der Waals surface area contributed by atoms with E-state index in [1.165, 1.54) is 0 Å². The fourth-order valence-corrected chi connectivity index (χ4v) is 3.94. The van der Waals surface area contributed by atoms with Crippen molar-refractivity contribution in [1.82, 2.24) is 0 Å². The summed E-state index contributed by atoms with van der Waals surface area (Å²) < 4.78 is 0. The Morgan fingerprint density at radius 2 is 1.56 bits per heavy atom. The molecule has 0 spiro atoms. The van der Waals surface area contributed by atoms with E-state index in [2.05, 4.69) is 12.1 Å². The molecule has 124 valence electrons. The Kier molecular flexibility index (Phi) is 3.66. The summed E-state index contributed by atoms with van der Waals surface area (Å²) >= 11 is 6.22. The zero-order valence-corrected chi connectivity index (χ0v) is 14.9. The fourth-order valence-electron chi connectivity index (χ4n) is 3.77. The molecule has 1 amide bonds. The zero-order chi connectivity index (χ0) is 17.6. The highest BCUT2D eigenvalue weighted by Gasteiger charge is 2.43. The first-order chi connectivity index (χ1) is 12.0. The van der Waals surface area contributed by atoms with Gasteiger partial charge < -0.3 is 4.90 Å². The van der Waals surface area contributed by atoms with Gasteiger partial charge in [0.2, 0.25) is 5.91 Å². The van der Waals surface area contributed by atoms with Crippen LogP contribution in [-0.2, 0) is 10.2 Å². The van der Waals surface area contributed by atoms with E-state index in [4.69, 9.17) is 11.6 Å². The van der Waals surface area contributed by atoms with Crippen molar-refractivity contribution in [3.05, 3.63) is 88.9 Å². The normalized spacial score (nSPS) is 19.2. The minimum absolute atomic E-state index is 0.0344. The predicted molar refractivity (Wildman–Crippen MR) is 103 cm³/mol. The van der Waals surface area contributed by atoms with Crippen LogP contribution in [0.25, 0.3) is 11.1 Å². The third-order valence-electron chi connectivity index (χ3n) is 5.16. The Morgan fingerprint density at radius 3 is 2.32 bits per heavy atom. The van der Waals surface area contributed by atoms with Gasteiger partial charge in [0.25, 0.3) is 0 Å². The minimum atomic E-state index is -0.766. The Balaban J connectivity index is 2.09. The molecule has 1 atom stereocenters. The summed E-state index contributed by atoms with van der Waals surface area (Å²) in [6, 6.07) is 23.8. The number of hydrogen-bond donors (Lipinski definition) is 0. The highest BCUT2D eigenvalue weighted by atomic mass is 35.5. The first-order valence-electron chi connectivity index (χ1n) is 8.26. The average Bonchev–Trinajstić information content (AvgIpc) is 2.72. The van der Waals surface area contributed by atoms with Gasteiger partial charge in [0.05, 0.1) is 11.1 Å². The van der Waals surface area contributed by atoms with Crippen molar-refractivity contribution < 1.29 is 4.79 Å². The third-order valence-corrected chi connectivity index (χ3v) is 5.40. The van der Waals surface area contributed by atoms with Gasteiger partial charge in [-0.05, 0) is 35.7 Å². The van der Waals surface area contributed by atoms with Gasteiger partial charge in [-0.2, -0.15) is 0 Å². The number of rotatable bonds is 1. The van der Waals surface area contributed by atoms with Crippen LogP contribution in [0.15, 0.2) is 72.8 Å². The van der Waals surface area contributed by atoms with Crippen molar-refractivity contribution in [2.75, 3.05) is 11.9 Å². The second-order valence-electron chi connectivity index (χ2n) is 6.56. The number of carbonyl (C=O) groups excluding carboxylic acids is 1. The van der Waals surface area contributed by atoms with E-state index in [9.17, 15) is 4.79 Å². The summed E-state index contributed by atoms with van der Waals surface area (Å²) in [6.45, 7) is 2.01. The molecular weight excluding hydrogens is 330 g/mol. The van der Waals surface area contributed by atoms with Gasteiger partial charge in [-0.1, -0.05) is 72.3 Å².